The lowest BCUT2D eigenvalue weighted by Gasteiger charge is -2.37. The Morgan fingerprint density at radius 3 is 2.24 bits per heavy atom. The predicted octanol–water partition coefficient (Wildman–Crippen LogP) is -0.204. The first-order valence-corrected chi connectivity index (χ1v) is 8.02. The first kappa shape index (κ1) is 16.2. The predicted molar refractivity (Wildman–Crippen MR) is 81.9 cm³/mol. The van der Waals surface area contributed by atoms with Gasteiger partial charge in [-0.3, -0.25) is 19.4 Å². The zero-order valence-electron chi connectivity index (χ0n) is 13.4. The van der Waals surface area contributed by atoms with E-state index in [4.69, 9.17) is 0 Å². The molecule has 0 spiro atoms. The van der Waals surface area contributed by atoms with Crippen molar-refractivity contribution < 1.29 is 9.59 Å². The van der Waals surface area contributed by atoms with Gasteiger partial charge in [-0.1, -0.05) is 0 Å². The molecule has 1 saturated carbocycles. The fourth-order valence-electron chi connectivity index (χ4n) is 2.59. The minimum absolute atomic E-state index is 0.0720. The van der Waals surface area contributed by atoms with Gasteiger partial charge in [0.15, 0.2) is 0 Å². The quantitative estimate of drug-likeness (QED) is 0.712. The van der Waals surface area contributed by atoms with E-state index in [-0.39, 0.29) is 23.9 Å². The van der Waals surface area contributed by atoms with E-state index in [0.29, 0.717) is 12.6 Å². The molecule has 0 aromatic carbocycles. The van der Waals surface area contributed by atoms with Gasteiger partial charge in [-0.2, -0.15) is 0 Å². The Hall–Kier alpha value is -1.14. The average Bonchev–Trinajstić information content (AvgIpc) is 3.21. The highest BCUT2D eigenvalue weighted by molar-refractivity contribution is 5.82. The molecule has 2 fully saturated rings. The van der Waals surface area contributed by atoms with Gasteiger partial charge in [0, 0.05) is 38.3 Å². The summed E-state index contributed by atoms with van der Waals surface area (Å²) in [5, 5.41) is 5.97. The molecule has 120 valence electrons. The standard InChI is InChI=1S/C15H28N4O2/c1-11(2)16-14(20)10-18-6-8-19(9-7-18)12(3)15(21)17-13-4-5-13/h11-13H,4-10H2,1-3H3,(H,16,20)(H,17,21). The highest BCUT2D eigenvalue weighted by Crippen LogP contribution is 2.19. The number of carbonyl (C=O) groups excluding carboxylic acids is 2. The zero-order chi connectivity index (χ0) is 15.4. The van der Waals surface area contributed by atoms with Crippen molar-refractivity contribution in [2.75, 3.05) is 32.7 Å². The number of piperazine rings is 1. The van der Waals surface area contributed by atoms with Gasteiger partial charge in [0.1, 0.15) is 0 Å². The van der Waals surface area contributed by atoms with E-state index in [9.17, 15) is 9.59 Å². The van der Waals surface area contributed by atoms with Crippen molar-refractivity contribution in [2.45, 2.75) is 51.7 Å². The minimum Gasteiger partial charge on any atom is -0.353 e. The van der Waals surface area contributed by atoms with Crippen molar-refractivity contribution in [2.24, 2.45) is 0 Å². The number of rotatable bonds is 6. The second kappa shape index (κ2) is 7.22. The van der Waals surface area contributed by atoms with Crippen LogP contribution in [-0.4, -0.2) is 72.5 Å². The zero-order valence-corrected chi connectivity index (χ0v) is 13.4. The molecular weight excluding hydrogens is 268 g/mol. The van der Waals surface area contributed by atoms with Crippen LogP contribution in [0.5, 0.6) is 0 Å². The molecule has 2 amide bonds. The molecule has 0 aromatic rings. The van der Waals surface area contributed by atoms with Gasteiger partial charge < -0.3 is 10.6 Å². The molecule has 1 aliphatic carbocycles. The molecule has 1 atom stereocenters. The lowest BCUT2D eigenvalue weighted by Crippen LogP contribution is -2.55. The Morgan fingerprint density at radius 2 is 1.71 bits per heavy atom. The van der Waals surface area contributed by atoms with Crippen molar-refractivity contribution in [3.05, 3.63) is 0 Å². The second-order valence-electron chi connectivity index (χ2n) is 6.49. The molecule has 2 aliphatic rings. The highest BCUT2D eigenvalue weighted by Gasteiger charge is 2.30. The number of hydrogen-bond acceptors (Lipinski definition) is 4. The van der Waals surface area contributed by atoms with E-state index in [0.717, 1.165) is 39.0 Å². The van der Waals surface area contributed by atoms with Crippen molar-refractivity contribution in [1.29, 1.82) is 0 Å². The smallest absolute Gasteiger partial charge is 0.237 e. The van der Waals surface area contributed by atoms with Crippen LogP contribution in [0.1, 0.15) is 33.6 Å². The molecule has 0 bridgehead atoms. The molecule has 1 unspecified atom stereocenters. The maximum atomic E-state index is 12.0. The molecule has 1 heterocycles. The van der Waals surface area contributed by atoms with Crippen LogP contribution < -0.4 is 10.6 Å². The molecule has 0 aromatic heterocycles. The Kier molecular flexibility index (Phi) is 5.58. The number of amides is 2. The fourth-order valence-corrected chi connectivity index (χ4v) is 2.59. The summed E-state index contributed by atoms with van der Waals surface area (Å²) in [5.74, 6) is 0.224. The van der Waals surface area contributed by atoms with Gasteiger partial charge in [-0.05, 0) is 33.6 Å². The van der Waals surface area contributed by atoms with Crippen molar-refractivity contribution in [3.8, 4) is 0 Å². The topological polar surface area (TPSA) is 64.7 Å². The van der Waals surface area contributed by atoms with Gasteiger partial charge in [0.05, 0.1) is 12.6 Å². The highest BCUT2D eigenvalue weighted by atomic mass is 16.2. The molecule has 0 radical (unpaired) electrons. The van der Waals surface area contributed by atoms with Crippen LogP contribution in [0, 0.1) is 0 Å². The van der Waals surface area contributed by atoms with Crippen LogP contribution in [-0.2, 0) is 9.59 Å². The van der Waals surface area contributed by atoms with Crippen LogP contribution in [0.4, 0.5) is 0 Å². The van der Waals surface area contributed by atoms with E-state index in [2.05, 4.69) is 20.4 Å². The molecule has 6 nitrogen and oxygen atoms in total. The minimum atomic E-state index is -0.0720. The van der Waals surface area contributed by atoms with Crippen molar-refractivity contribution in [3.63, 3.8) is 0 Å². The summed E-state index contributed by atoms with van der Waals surface area (Å²) in [5.41, 5.74) is 0. The summed E-state index contributed by atoms with van der Waals surface area (Å²) in [6.45, 7) is 9.72. The Labute approximate surface area is 127 Å². The molecule has 2 N–H and O–H groups in total. The summed E-state index contributed by atoms with van der Waals surface area (Å²) >= 11 is 0. The average molecular weight is 296 g/mol. The van der Waals surface area contributed by atoms with Crippen LogP contribution in [0.3, 0.4) is 0 Å². The molecule has 1 aliphatic heterocycles. The molecule has 1 saturated heterocycles. The van der Waals surface area contributed by atoms with Gasteiger partial charge in [0.2, 0.25) is 11.8 Å². The first-order valence-electron chi connectivity index (χ1n) is 8.02. The fraction of sp³-hybridized carbons (Fsp3) is 0.867. The van der Waals surface area contributed by atoms with Crippen LogP contribution in [0.25, 0.3) is 0 Å². The lowest BCUT2D eigenvalue weighted by molar-refractivity contribution is -0.128. The third-order valence-electron chi connectivity index (χ3n) is 4.07. The van der Waals surface area contributed by atoms with Crippen LogP contribution >= 0.6 is 0 Å². The van der Waals surface area contributed by atoms with E-state index < -0.39 is 0 Å². The molecule has 6 heteroatoms. The van der Waals surface area contributed by atoms with E-state index in [1.54, 1.807) is 0 Å². The summed E-state index contributed by atoms with van der Waals surface area (Å²) < 4.78 is 0. The van der Waals surface area contributed by atoms with Gasteiger partial charge in [-0.15, -0.1) is 0 Å². The monoisotopic (exact) mass is 296 g/mol. The molecule has 2 rings (SSSR count). The number of nitrogens with zero attached hydrogens (tertiary/aromatic N) is 2. The number of hydrogen-bond donors (Lipinski definition) is 2. The summed E-state index contributed by atoms with van der Waals surface area (Å²) in [6.07, 6.45) is 2.24. The largest absolute Gasteiger partial charge is 0.353 e. The first-order chi connectivity index (χ1) is 9.95. The molecule has 21 heavy (non-hydrogen) atoms. The van der Waals surface area contributed by atoms with E-state index >= 15 is 0 Å². The Bertz CT molecular complexity index is 374. The lowest BCUT2D eigenvalue weighted by atomic mass is 10.2. The van der Waals surface area contributed by atoms with Gasteiger partial charge in [0.25, 0.3) is 0 Å². The van der Waals surface area contributed by atoms with Gasteiger partial charge >= 0.3 is 0 Å². The Morgan fingerprint density at radius 1 is 1.10 bits per heavy atom. The summed E-state index contributed by atoms with van der Waals surface area (Å²) in [6, 6.07) is 0.531. The SMILES string of the molecule is CC(C)NC(=O)CN1CCN(C(C)C(=O)NC2CC2)CC1. The molecular formula is C15H28N4O2. The normalized spacial score (nSPS) is 22.1. The maximum Gasteiger partial charge on any atom is 0.237 e. The van der Waals surface area contributed by atoms with Crippen molar-refractivity contribution >= 4 is 11.8 Å². The third-order valence-corrected chi connectivity index (χ3v) is 4.07. The maximum absolute atomic E-state index is 12.0. The van der Waals surface area contributed by atoms with Crippen LogP contribution in [0.2, 0.25) is 0 Å². The second-order valence-corrected chi connectivity index (χ2v) is 6.49. The number of carbonyl (C=O) groups is 2. The van der Waals surface area contributed by atoms with Crippen molar-refractivity contribution in [1.82, 2.24) is 20.4 Å². The third kappa shape index (κ3) is 5.28. The van der Waals surface area contributed by atoms with Gasteiger partial charge in [-0.25, -0.2) is 0 Å². The summed E-state index contributed by atoms with van der Waals surface area (Å²) in [7, 11) is 0. The summed E-state index contributed by atoms with van der Waals surface area (Å²) in [4.78, 5) is 28.1. The van der Waals surface area contributed by atoms with E-state index in [1.807, 2.05) is 20.8 Å². The number of nitrogens with one attached hydrogen (secondary N) is 2. The Balaban J connectivity index is 1.69. The van der Waals surface area contributed by atoms with Crippen LogP contribution in [0.15, 0.2) is 0 Å². The van der Waals surface area contributed by atoms with E-state index in [1.165, 1.54) is 0 Å².